The Balaban J connectivity index is 0.000000141. The van der Waals surface area contributed by atoms with Crippen LogP contribution in [0.1, 0.15) is 20.3 Å². The van der Waals surface area contributed by atoms with E-state index in [0.717, 1.165) is 24.5 Å². The monoisotopic (exact) mass is 262 g/mol. The lowest BCUT2D eigenvalue weighted by Crippen LogP contribution is -2.40. The molecule has 1 aromatic rings. The van der Waals surface area contributed by atoms with E-state index in [-0.39, 0.29) is 19.8 Å². The molecule has 1 aromatic carbocycles. The normalized spacial score (nSPS) is 19.8. The molecule has 1 saturated heterocycles. The molecule has 6 heteroatoms. The molecule has 0 aliphatic carbocycles. The Kier molecular flexibility index (Phi) is 4.42. The summed E-state index contributed by atoms with van der Waals surface area (Å²) in [4.78, 5) is 0. The smallest absolute Gasteiger partial charge is 0.523 e. The van der Waals surface area contributed by atoms with Crippen LogP contribution in [-0.4, -0.2) is 26.4 Å². The van der Waals surface area contributed by atoms with Crippen LogP contribution < -0.4 is 9.31 Å². The van der Waals surface area contributed by atoms with Crippen LogP contribution in [0.3, 0.4) is 0 Å². The van der Waals surface area contributed by atoms with Gasteiger partial charge in [0.05, 0.1) is 5.60 Å². The highest BCUT2D eigenvalue weighted by Gasteiger charge is 2.29. The van der Waals surface area contributed by atoms with Gasteiger partial charge in [-0.15, -0.1) is 0 Å². The largest absolute Gasteiger partial charge is 0.591 e. The van der Waals surface area contributed by atoms with Gasteiger partial charge in [-0.2, -0.15) is 0 Å². The van der Waals surface area contributed by atoms with E-state index in [1.54, 1.807) is 0 Å². The van der Waals surface area contributed by atoms with Gasteiger partial charge in [0.25, 0.3) is 0 Å². The fourth-order valence-corrected chi connectivity index (χ4v) is 2.04. The average Bonchev–Trinajstić information content (AvgIpc) is 2.68. The number of fused-ring (bicyclic) bond motifs is 1. The minimum atomic E-state index is -0.127. The van der Waals surface area contributed by atoms with Crippen molar-refractivity contribution in [1.29, 1.82) is 0 Å². The summed E-state index contributed by atoms with van der Waals surface area (Å²) < 4.78 is 21.2. The second-order valence-corrected chi connectivity index (χ2v) is 5.32. The molecule has 2 aliphatic heterocycles. The molecule has 0 aromatic heterocycles. The van der Waals surface area contributed by atoms with Gasteiger partial charge in [-0.05, 0) is 46.0 Å². The predicted octanol–water partition coefficient (Wildman–Crippen LogP) is 2.90. The minimum absolute atomic E-state index is 0.0197. The number of para-hydroxylation sites is 2. The topological polar surface area (TPSA) is 36.9 Å². The van der Waals surface area contributed by atoms with Crippen molar-refractivity contribution in [2.45, 2.75) is 39.5 Å². The predicted molar refractivity (Wildman–Crippen MR) is 76.7 cm³/mol. The third-order valence-electron chi connectivity index (χ3n) is 2.98. The van der Waals surface area contributed by atoms with Crippen molar-refractivity contribution in [3.8, 4) is 11.5 Å². The summed E-state index contributed by atoms with van der Waals surface area (Å²) in [5.74, 6) is 1.69. The second kappa shape index (κ2) is 5.88. The van der Waals surface area contributed by atoms with E-state index in [0.29, 0.717) is 0 Å². The molecule has 0 saturated carbocycles. The summed E-state index contributed by atoms with van der Waals surface area (Å²) >= 11 is 0. The van der Waals surface area contributed by atoms with Gasteiger partial charge >= 0.3 is 14.2 Å². The number of rotatable bonds is 0. The van der Waals surface area contributed by atoms with E-state index in [1.165, 1.54) is 0 Å². The fraction of sp³-hybridized carbons (Fsp3) is 0.538. The van der Waals surface area contributed by atoms with E-state index < -0.39 is 0 Å². The van der Waals surface area contributed by atoms with Crippen molar-refractivity contribution in [2.75, 3.05) is 6.61 Å². The molecule has 0 unspecified atom stereocenters. The van der Waals surface area contributed by atoms with Crippen LogP contribution in [0.25, 0.3) is 0 Å². The Morgan fingerprint density at radius 3 is 2.00 bits per heavy atom. The van der Waals surface area contributed by atoms with Gasteiger partial charge in [0.15, 0.2) is 0 Å². The van der Waals surface area contributed by atoms with Crippen LogP contribution in [-0.2, 0) is 9.31 Å². The lowest BCUT2D eigenvalue weighted by molar-refractivity contribution is 0.00759. The summed E-state index contributed by atoms with van der Waals surface area (Å²) in [7, 11) is -0.147. The Hall–Kier alpha value is -1.13. The Morgan fingerprint density at radius 2 is 1.58 bits per heavy atom. The molecule has 2 heterocycles. The Bertz CT molecular complexity index is 400. The third kappa shape index (κ3) is 4.18. The van der Waals surface area contributed by atoms with Crippen LogP contribution in [0.5, 0.6) is 11.5 Å². The Morgan fingerprint density at radius 1 is 1.00 bits per heavy atom. The standard InChI is InChI=1S/C7H7BO2.C6H13BO2/c1-8-9-6-4-2-3-5-7(6)10-8;1-6(2)4-5-8-7(3)9-6/h2-5H,1H3;4-5H2,1-3H3. The van der Waals surface area contributed by atoms with Crippen molar-refractivity contribution < 1.29 is 18.6 Å². The maximum atomic E-state index is 5.45. The van der Waals surface area contributed by atoms with Gasteiger partial charge in [0, 0.05) is 6.61 Å². The molecule has 0 N–H and O–H groups in total. The summed E-state index contributed by atoms with van der Waals surface area (Å²) in [6.45, 7) is 8.81. The minimum Gasteiger partial charge on any atom is -0.523 e. The third-order valence-corrected chi connectivity index (χ3v) is 2.98. The van der Waals surface area contributed by atoms with Crippen molar-refractivity contribution >= 4 is 14.2 Å². The van der Waals surface area contributed by atoms with Crippen LogP contribution >= 0.6 is 0 Å². The molecular formula is C13H20B2O4. The molecular weight excluding hydrogens is 242 g/mol. The summed E-state index contributed by atoms with van der Waals surface area (Å²) in [6.07, 6.45) is 0.997. The van der Waals surface area contributed by atoms with Gasteiger partial charge < -0.3 is 18.6 Å². The first-order chi connectivity index (χ1) is 8.96. The highest BCUT2D eigenvalue weighted by molar-refractivity contribution is 6.45. The molecule has 4 nitrogen and oxygen atoms in total. The van der Waals surface area contributed by atoms with Gasteiger partial charge in [0.1, 0.15) is 11.5 Å². The fourth-order valence-electron chi connectivity index (χ4n) is 2.04. The second-order valence-electron chi connectivity index (χ2n) is 5.32. The molecule has 3 rings (SSSR count). The van der Waals surface area contributed by atoms with Crippen LogP contribution in [0.4, 0.5) is 0 Å². The van der Waals surface area contributed by atoms with E-state index in [1.807, 2.05) is 37.9 Å². The van der Waals surface area contributed by atoms with Crippen molar-refractivity contribution in [1.82, 2.24) is 0 Å². The maximum Gasteiger partial charge on any atom is 0.591 e. The molecule has 0 atom stereocenters. The highest BCUT2D eigenvalue weighted by Crippen LogP contribution is 2.32. The van der Waals surface area contributed by atoms with Gasteiger partial charge in [0.2, 0.25) is 0 Å². The molecule has 0 bridgehead atoms. The number of benzene rings is 1. The van der Waals surface area contributed by atoms with Crippen LogP contribution in [0, 0.1) is 0 Å². The first-order valence-electron chi connectivity index (χ1n) is 6.68. The number of hydrogen-bond donors (Lipinski definition) is 0. The molecule has 102 valence electrons. The maximum absolute atomic E-state index is 5.45. The summed E-state index contributed by atoms with van der Waals surface area (Å²) in [5.41, 5.74) is 0.0255. The summed E-state index contributed by atoms with van der Waals surface area (Å²) in [6, 6.07) is 7.66. The molecule has 0 radical (unpaired) electrons. The van der Waals surface area contributed by atoms with Gasteiger partial charge in [-0.1, -0.05) is 12.1 Å². The lowest BCUT2D eigenvalue weighted by Gasteiger charge is -2.32. The van der Waals surface area contributed by atoms with Crippen molar-refractivity contribution in [3.63, 3.8) is 0 Å². The SMILES string of the molecule is CB1OCCC(C)(C)O1.CB1Oc2ccccc2O1. The Labute approximate surface area is 115 Å². The number of hydrogen-bond acceptors (Lipinski definition) is 4. The zero-order valence-electron chi connectivity index (χ0n) is 12.0. The van der Waals surface area contributed by atoms with Crippen LogP contribution in [0.15, 0.2) is 24.3 Å². The lowest BCUT2D eigenvalue weighted by atomic mass is 9.88. The summed E-state index contributed by atoms with van der Waals surface area (Å²) in [5, 5.41) is 0. The molecule has 19 heavy (non-hydrogen) atoms. The van der Waals surface area contributed by atoms with E-state index in [9.17, 15) is 0 Å². The van der Waals surface area contributed by atoms with Crippen molar-refractivity contribution in [2.24, 2.45) is 0 Å². The van der Waals surface area contributed by atoms with Gasteiger partial charge in [-0.3, -0.25) is 0 Å². The quantitative estimate of drug-likeness (QED) is 0.673. The molecule has 0 amide bonds. The molecule has 1 fully saturated rings. The average molecular weight is 262 g/mol. The zero-order valence-corrected chi connectivity index (χ0v) is 12.0. The molecule has 0 spiro atoms. The first kappa shape index (κ1) is 14.3. The van der Waals surface area contributed by atoms with E-state index in [2.05, 4.69) is 13.8 Å². The van der Waals surface area contributed by atoms with E-state index in [4.69, 9.17) is 18.6 Å². The molecule has 2 aliphatic rings. The van der Waals surface area contributed by atoms with Gasteiger partial charge in [-0.25, -0.2) is 0 Å². The van der Waals surface area contributed by atoms with Crippen LogP contribution in [0.2, 0.25) is 13.6 Å². The van der Waals surface area contributed by atoms with Crippen molar-refractivity contribution in [3.05, 3.63) is 24.3 Å². The first-order valence-corrected chi connectivity index (χ1v) is 6.68. The highest BCUT2D eigenvalue weighted by atomic mass is 16.6. The van der Waals surface area contributed by atoms with E-state index >= 15 is 0 Å². The zero-order chi connectivity index (χ0) is 13.9.